The Hall–Kier alpha value is -2.42. The minimum absolute atomic E-state index is 0.0534. The molecule has 2 rings (SSSR count). The molecular weight excluding hydrogens is 287 g/mol. The van der Waals surface area contributed by atoms with E-state index in [1.54, 1.807) is 7.11 Å². The van der Waals surface area contributed by atoms with E-state index in [1.807, 2.05) is 0 Å². The Balaban J connectivity index is 2.13. The molecule has 112 valence electrons. The highest BCUT2D eigenvalue weighted by Crippen LogP contribution is 2.22. The zero-order valence-corrected chi connectivity index (χ0v) is 11.0. The van der Waals surface area contributed by atoms with Crippen LogP contribution < -0.4 is 10.6 Å². The molecule has 0 radical (unpaired) electrons. The topological polar surface area (TPSA) is 72.0 Å². The largest absolute Gasteiger partial charge is 0.383 e. The van der Waals surface area contributed by atoms with Gasteiger partial charge in [-0.2, -0.15) is 10.1 Å². The van der Waals surface area contributed by atoms with Gasteiger partial charge in [0.05, 0.1) is 18.5 Å². The van der Waals surface area contributed by atoms with Gasteiger partial charge in [0.2, 0.25) is 5.95 Å². The predicted octanol–water partition coefficient (Wildman–Crippen LogP) is 2.09. The summed E-state index contributed by atoms with van der Waals surface area (Å²) in [6.45, 7) is 0.957. The van der Waals surface area contributed by atoms with Gasteiger partial charge in [0.15, 0.2) is 23.3 Å². The van der Waals surface area contributed by atoms with Crippen molar-refractivity contribution in [1.82, 2.24) is 15.2 Å². The zero-order chi connectivity index (χ0) is 15.2. The van der Waals surface area contributed by atoms with Crippen molar-refractivity contribution < 1.29 is 17.9 Å². The maximum atomic E-state index is 13.5. The van der Waals surface area contributed by atoms with E-state index in [-0.39, 0.29) is 11.6 Å². The molecule has 6 nitrogen and oxygen atoms in total. The maximum Gasteiger partial charge on any atom is 0.249 e. The van der Waals surface area contributed by atoms with Crippen LogP contribution in [0.5, 0.6) is 0 Å². The van der Waals surface area contributed by atoms with Gasteiger partial charge in [-0.1, -0.05) is 0 Å². The number of nitrogens with zero attached hydrogens (tertiary/aromatic N) is 3. The second kappa shape index (κ2) is 6.84. The average molecular weight is 299 g/mol. The molecule has 0 aliphatic rings. The summed E-state index contributed by atoms with van der Waals surface area (Å²) in [5.74, 6) is -3.86. The molecule has 1 aromatic carbocycles. The fraction of sp³-hybridized carbons (Fsp3) is 0.250. The highest BCUT2D eigenvalue weighted by Gasteiger charge is 2.14. The monoisotopic (exact) mass is 299 g/mol. The number of methoxy groups -OCH3 is 1. The summed E-state index contributed by atoms with van der Waals surface area (Å²) in [5, 5.41) is 12.6. The summed E-state index contributed by atoms with van der Waals surface area (Å²) in [4.78, 5) is 4.00. The molecular formula is C12H12F3N5O. The van der Waals surface area contributed by atoms with Crippen molar-refractivity contribution in [2.45, 2.75) is 0 Å². The van der Waals surface area contributed by atoms with E-state index >= 15 is 0 Å². The van der Waals surface area contributed by atoms with Crippen molar-refractivity contribution in [3.8, 4) is 0 Å². The summed E-state index contributed by atoms with van der Waals surface area (Å²) in [6.07, 6.45) is 1.36. The third-order valence-electron chi connectivity index (χ3n) is 2.45. The van der Waals surface area contributed by atoms with Crippen LogP contribution in [0.15, 0.2) is 18.3 Å². The van der Waals surface area contributed by atoms with E-state index in [0.717, 1.165) is 12.1 Å². The minimum atomic E-state index is -1.57. The van der Waals surface area contributed by atoms with Gasteiger partial charge in [-0.25, -0.2) is 13.2 Å². The van der Waals surface area contributed by atoms with Crippen LogP contribution in [0.3, 0.4) is 0 Å². The summed E-state index contributed by atoms with van der Waals surface area (Å²) >= 11 is 0. The summed E-state index contributed by atoms with van der Waals surface area (Å²) in [7, 11) is 1.55. The first-order chi connectivity index (χ1) is 10.1. The Bertz CT molecular complexity index is 626. The summed E-state index contributed by atoms with van der Waals surface area (Å²) in [5.41, 5.74) is -0.287. The van der Waals surface area contributed by atoms with Gasteiger partial charge >= 0.3 is 0 Å². The van der Waals surface area contributed by atoms with E-state index in [2.05, 4.69) is 25.8 Å². The second-order valence-electron chi connectivity index (χ2n) is 3.93. The molecule has 21 heavy (non-hydrogen) atoms. The third-order valence-corrected chi connectivity index (χ3v) is 2.45. The van der Waals surface area contributed by atoms with Crippen molar-refractivity contribution in [3.05, 3.63) is 35.8 Å². The van der Waals surface area contributed by atoms with Crippen LogP contribution in [0, 0.1) is 17.5 Å². The summed E-state index contributed by atoms with van der Waals surface area (Å²) < 4.78 is 44.3. The normalized spacial score (nSPS) is 10.5. The van der Waals surface area contributed by atoms with E-state index in [0.29, 0.717) is 19.0 Å². The summed E-state index contributed by atoms with van der Waals surface area (Å²) in [6, 6.07) is 1.84. The molecule has 0 saturated carbocycles. The minimum Gasteiger partial charge on any atom is -0.383 e. The molecule has 2 N–H and O–H groups in total. The lowest BCUT2D eigenvalue weighted by molar-refractivity contribution is 0.210. The first kappa shape index (κ1) is 15.0. The lowest BCUT2D eigenvalue weighted by Crippen LogP contribution is -2.11. The quantitative estimate of drug-likeness (QED) is 0.628. The highest BCUT2D eigenvalue weighted by atomic mass is 19.2. The molecule has 0 bridgehead atoms. The number of nitrogens with one attached hydrogen (secondary N) is 2. The predicted molar refractivity (Wildman–Crippen MR) is 69.8 cm³/mol. The maximum absolute atomic E-state index is 13.5. The Morgan fingerprint density at radius 3 is 2.76 bits per heavy atom. The van der Waals surface area contributed by atoms with E-state index in [4.69, 9.17) is 4.74 Å². The van der Waals surface area contributed by atoms with Crippen molar-refractivity contribution >= 4 is 17.5 Å². The van der Waals surface area contributed by atoms with Crippen molar-refractivity contribution in [3.63, 3.8) is 0 Å². The number of aromatic nitrogens is 3. The number of halogens is 3. The van der Waals surface area contributed by atoms with Crippen LogP contribution in [-0.2, 0) is 4.74 Å². The van der Waals surface area contributed by atoms with Gasteiger partial charge in [-0.3, -0.25) is 0 Å². The van der Waals surface area contributed by atoms with Crippen molar-refractivity contribution in [2.24, 2.45) is 0 Å². The smallest absolute Gasteiger partial charge is 0.249 e. The van der Waals surface area contributed by atoms with Gasteiger partial charge in [0.1, 0.15) is 0 Å². The van der Waals surface area contributed by atoms with Gasteiger partial charge in [-0.15, -0.1) is 5.10 Å². The Labute approximate surface area is 118 Å². The molecule has 1 heterocycles. The molecule has 2 aromatic rings. The van der Waals surface area contributed by atoms with Crippen LogP contribution >= 0.6 is 0 Å². The molecule has 1 aromatic heterocycles. The number of rotatable bonds is 6. The molecule has 0 amide bonds. The third kappa shape index (κ3) is 3.78. The lowest BCUT2D eigenvalue weighted by atomic mass is 10.3. The first-order valence-corrected chi connectivity index (χ1v) is 5.95. The molecule has 0 fully saturated rings. The second-order valence-corrected chi connectivity index (χ2v) is 3.93. The van der Waals surface area contributed by atoms with Crippen LogP contribution in [0.25, 0.3) is 0 Å². The standard InChI is InChI=1S/C12H12F3N5O/c1-21-5-4-16-9-6-17-20-12(19-9)18-8-3-2-7(13)10(14)11(8)15/h2-3,6H,4-5H2,1H3,(H2,16,18,19,20). The Kier molecular flexibility index (Phi) is 4.88. The molecule has 0 aliphatic heterocycles. The van der Waals surface area contributed by atoms with E-state index < -0.39 is 17.5 Å². The molecule has 0 spiro atoms. The first-order valence-electron chi connectivity index (χ1n) is 5.95. The molecule has 0 atom stereocenters. The fourth-order valence-electron chi connectivity index (χ4n) is 1.47. The Morgan fingerprint density at radius 2 is 2.00 bits per heavy atom. The van der Waals surface area contributed by atoms with Crippen molar-refractivity contribution in [2.75, 3.05) is 30.9 Å². The highest BCUT2D eigenvalue weighted by molar-refractivity contribution is 5.55. The number of hydrogen-bond donors (Lipinski definition) is 2. The van der Waals surface area contributed by atoms with Crippen molar-refractivity contribution in [1.29, 1.82) is 0 Å². The zero-order valence-electron chi connectivity index (χ0n) is 11.0. The van der Waals surface area contributed by atoms with E-state index in [9.17, 15) is 13.2 Å². The van der Waals surface area contributed by atoms with Gasteiger partial charge in [0, 0.05) is 13.7 Å². The fourth-order valence-corrected chi connectivity index (χ4v) is 1.47. The van der Waals surface area contributed by atoms with Gasteiger partial charge < -0.3 is 15.4 Å². The SMILES string of the molecule is COCCNc1cnnc(Nc2ccc(F)c(F)c2F)n1. The molecule has 9 heteroatoms. The number of anilines is 3. The molecule has 0 aliphatic carbocycles. The van der Waals surface area contributed by atoms with E-state index in [1.165, 1.54) is 6.20 Å². The molecule has 0 saturated heterocycles. The van der Waals surface area contributed by atoms with Crippen LogP contribution in [0.4, 0.5) is 30.6 Å². The van der Waals surface area contributed by atoms with Gasteiger partial charge in [0.25, 0.3) is 0 Å². The average Bonchev–Trinajstić information content (AvgIpc) is 2.49. The lowest BCUT2D eigenvalue weighted by Gasteiger charge is -2.08. The molecule has 0 unspecified atom stereocenters. The van der Waals surface area contributed by atoms with Crippen LogP contribution in [-0.4, -0.2) is 35.4 Å². The Morgan fingerprint density at radius 1 is 1.19 bits per heavy atom. The number of hydrogen-bond acceptors (Lipinski definition) is 6. The van der Waals surface area contributed by atoms with Crippen LogP contribution in [0.1, 0.15) is 0 Å². The van der Waals surface area contributed by atoms with Crippen LogP contribution in [0.2, 0.25) is 0 Å². The van der Waals surface area contributed by atoms with Gasteiger partial charge in [-0.05, 0) is 12.1 Å². The number of benzene rings is 1. The number of ether oxygens (including phenoxy) is 1.